The Morgan fingerprint density at radius 2 is 1.44 bits per heavy atom. The van der Waals surface area contributed by atoms with E-state index >= 15 is 0 Å². The molecule has 0 radical (unpaired) electrons. The molecule has 2 aromatic carbocycles. The number of imidazole rings is 1. The Labute approximate surface area is 375 Å². The highest BCUT2D eigenvalue weighted by molar-refractivity contribution is 6.05. The van der Waals surface area contributed by atoms with Crippen LogP contribution in [0.5, 0.6) is 11.5 Å². The smallest absolute Gasteiger partial charge is 0.276 e. The van der Waals surface area contributed by atoms with Gasteiger partial charge < -0.3 is 46.9 Å². The van der Waals surface area contributed by atoms with Crippen LogP contribution < -0.4 is 43.0 Å². The molecule has 0 saturated heterocycles. The second-order valence-corrected chi connectivity index (χ2v) is 13.7. The second-order valence-electron chi connectivity index (χ2n) is 13.7. The number of hydrogen-bond donors (Lipinski definition) is 6. The highest BCUT2D eigenvalue weighted by Crippen LogP contribution is 2.38. The van der Waals surface area contributed by atoms with Crippen LogP contribution in [0.15, 0.2) is 48.6 Å². The first-order valence-corrected chi connectivity index (χ1v) is 21.6. The number of hydrogen-bond acceptors (Lipinski definition) is 12. The van der Waals surface area contributed by atoms with Crippen LogP contribution in [0.2, 0.25) is 0 Å². The Balaban J connectivity index is 0.00000174. The number of primary amides is 1. The predicted molar refractivity (Wildman–Crippen MR) is 258 cm³/mol. The van der Waals surface area contributed by atoms with Gasteiger partial charge in [0.15, 0.2) is 0 Å². The van der Waals surface area contributed by atoms with Gasteiger partial charge in [-0.2, -0.15) is 10.2 Å². The third-order valence-electron chi connectivity index (χ3n) is 9.69. The summed E-state index contributed by atoms with van der Waals surface area (Å²) in [7, 11) is 4.89. The number of aryl methyl sites for hydroxylation is 4. The van der Waals surface area contributed by atoms with E-state index in [-0.39, 0.29) is 18.1 Å². The predicted octanol–water partition coefficient (Wildman–Crippen LogP) is 6.12. The fourth-order valence-electron chi connectivity index (χ4n) is 7.01. The van der Waals surface area contributed by atoms with E-state index < -0.39 is 11.8 Å². The molecule has 4 heterocycles. The average Bonchev–Trinajstić information content (AvgIpc) is 4.06. The lowest BCUT2D eigenvalue weighted by Gasteiger charge is -2.13. The number of nitrogen functional groups attached to an aromatic ring is 1. The first kappa shape index (κ1) is 51.4. The van der Waals surface area contributed by atoms with Gasteiger partial charge in [0.2, 0.25) is 11.9 Å². The van der Waals surface area contributed by atoms with Gasteiger partial charge in [-0.1, -0.05) is 39.8 Å². The number of allylic oxidation sites excluding steroid dienone is 2. The van der Waals surface area contributed by atoms with E-state index in [2.05, 4.69) is 26.6 Å². The monoisotopic (exact) mass is 882 g/mol. The number of aldehydes is 1. The van der Waals surface area contributed by atoms with Crippen molar-refractivity contribution in [2.45, 2.75) is 88.0 Å². The summed E-state index contributed by atoms with van der Waals surface area (Å²) in [6.45, 7) is 18.3. The van der Waals surface area contributed by atoms with Gasteiger partial charge in [-0.3, -0.25) is 29.1 Å². The summed E-state index contributed by atoms with van der Waals surface area (Å²) in [4.78, 5) is 42.8. The second kappa shape index (κ2) is 24.6. The van der Waals surface area contributed by atoms with E-state index in [1.165, 1.54) is 14.2 Å². The number of nitrogens with zero attached hydrogens (tertiary/aromatic N) is 7. The van der Waals surface area contributed by atoms with Crippen LogP contribution in [0.1, 0.15) is 102 Å². The van der Waals surface area contributed by atoms with Crippen molar-refractivity contribution in [3.8, 4) is 11.5 Å². The van der Waals surface area contributed by atoms with Crippen molar-refractivity contribution in [2.75, 3.05) is 45.4 Å². The summed E-state index contributed by atoms with van der Waals surface area (Å²) in [5.74, 6) is 0.0376. The van der Waals surface area contributed by atoms with Gasteiger partial charge in [-0.15, -0.1) is 0 Å². The van der Waals surface area contributed by atoms with Crippen molar-refractivity contribution in [3.05, 3.63) is 88.1 Å². The standard InChI is InChI=1S/C41H50N12O5.2C2H6.CH5N/c1-7-52-31(16-24(3)48-52)29(42)22-32-36(43)28-18-26(23-54)19-34(57-6)37(28)50(32)13-9-10-14-51-38-30(20-27(39(44)55)21-35(38)58-15-11-12-45-5)46-41(51)47-40(56)33-17-25(4)49-53(33)8-2;3*1-2/h9-10,16-23,45H,7-8,11-15,42-43H2,1-6H3,(H2,44,55)(H,46,47,56);2*1-2H3;2H2,1H3/b10-9+,29-22-;;;. The summed E-state index contributed by atoms with van der Waals surface area (Å²) in [6, 6.07) is 10.2. The highest BCUT2D eigenvalue weighted by atomic mass is 16.5. The van der Waals surface area contributed by atoms with E-state index in [9.17, 15) is 14.4 Å². The van der Waals surface area contributed by atoms with Crippen LogP contribution >= 0.6 is 0 Å². The Bertz CT molecular complexity index is 2580. The van der Waals surface area contributed by atoms with Crippen LogP contribution in [0.4, 0.5) is 11.6 Å². The molecule has 0 aliphatic carbocycles. The number of methoxy groups -OCH3 is 1. The zero-order chi connectivity index (χ0) is 47.7. The molecule has 0 saturated carbocycles. The first-order chi connectivity index (χ1) is 30.9. The number of anilines is 2. The van der Waals surface area contributed by atoms with Crippen LogP contribution in [-0.4, -0.2) is 86.1 Å². The lowest BCUT2D eigenvalue weighted by Crippen LogP contribution is -2.20. The minimum atomic E-state index is -0.641. The molecule has 64 heavy (non-hydrogen) atoms. The molecule has 346 valence electrons. The van der Waals surface area contributed by atoms with Crippen molar-refractivity contribution < 1.29 is 23.9 Å². The Morgan fingerprint density at radius 1 is 0.828 bits per heavy atom. The number of carbonyl (C=O) groups is 3. The molecule has 0 atom stereocenters. The summed E-state index contributed by atoms with van der Waals surface area (Å²) in [6.07, 6.45) is 7.12. The SMILES string of the molecule is CC.CC.CCn1nc(C)cc1C(=O)Nc1nc2cc(C(N)=O)cc(OCCCNC)c2n1C/C=C/Cn1c(/C=C(\N)c2cc(C)nn2CC)c(N)c2cc(C=O)cc(OC)c21.CN. The molecule has 2 amide bonds. The van der Waals surface area contributed by atoms with Gasteiger partial charge in [0.1, 0.15) is 29.0 Å². The van der Waals surface area contributed by atoms with Crippen LogP contribution in [0.25, 0.3) is 33.7 Å². The van der Waals surface area contributed by atoms with Crippen LogP contribution in [0.3, 0.4) is 0 Å². The third-order valence-corrected chi connectivity index (χ3v) is 9.69. The first-order valence-electron chi connectivity index (χ1n) is 21.6. The molecule has 18 heteroatoms. The highest BCUT2D eigenvalue weighted by Gasteiger charge is 2.23. The van der Waals surface area contributed by atoms with Gasteiger partial charge >= 0.3 is 0 Å². The quantitative estimate of drug-likeness (QED) is 0.0324. The Hall–Kier alpha value is -6.92. The van der Waals surface area contributed by atoms with Crippen molar-refractivity contribution >= 4 is 63.4 Å². The molecule has 4 aromatic heterocycles. The zero-order valence-corrected chi connectivity index (χ0v) is 39.2. The number of nitrogens with two attached hydrogens (primary N) is 4. The van der Waals surface area contributed by atoms with Crippen molar-refractivity contribution in [1.82, 2.24) is 39.0 Å². The molecule has 0 unspecified atom stereocenters. The normalized spacial score (nSPS) is 11.1. The topological polar surface area (TPSA) is 256 Å². The zero-order valence-electron chi connectivity index (χ0n) is 39.2. The number of rotatable bonds is 18. The van der Waals surface area contributed by atoms with Gasteiger partial charge in [0.05, 0.1) is 58.9 Å². The van der Waals surface area contributed by atoms with Crippen molar-refractivity contribution in [1.29, 1.82) is 0 Å². The molecule has 18 nitrogen and oxygen atoms in total. The minimum absolute atomic E-state index is 0.217. The van der Waals surface area contributed by atoms with E-state index in [0.717, 1.165) is 24.2 Å². The van der Waals surface area contributed by atoms with E-state index in [4.69, 9.17) is 31.7 Å². The molecular formula is C46H67N13O5. The van der Waals surface area contributed by atoms with Crippen molar-refractivity contribution in [2.24, 2.45) is 17.2 Å². The fraction of sp³-hybridized carbons (Fsp3) is 0.391. The fourth-order valence-corrected chi connectivity index (χ4v) is 7.01. The maximum Gasteiger partial charge on any atom is 0.276 e. The lowest BCUT2D eigenvalue weighted by atomic mass is 10.1. The molecular weight excluding hydrogens is 815 g/mol. The number of fused-ring (bicyclic) bond motifs is 2. The minimum Gasteiger partial charge on any atom is -0.495 e. The summed E-state index contributed by atoms with van der Waals surface area (Å²) >= 11 is 0. The van der Waals surface area contributed by atoms with Crippen LogP contribution in [-0.2, 0) is 26.2 Å². The average molecular weight is 882 g/mol. The molecule has 0 spiro atoms. The molecule has 6 aromatic rings. The number of aromatic nitrogens is 7. The number of ether oxygens (including phenoxy) is 2. The number of amides is 2. The summed E-state index contributed by atoms with van der Waals surface area (Å²) in [5, 5.41) is 15.7. The number of benzene rings is 2. The maximum atomic E-state index is 13.7. The van der Waals surface area contributed by atoms with E-state index in [1.54, 1.807) is 41.1 Å². The molecule has 0 aliphatic rings. The lowest BCUT2D eigenvalue weighted by molar-refractivity contribution is 0.0995. The van der Waals surface area contributed by atoms with Crippen molar-refractivity contribution in [3.63, 3.8) is 0 Å². The summed E-state index contributed by atoms with van der Waals surface area (Å²) < 4.78 is 19.2. The maximum absolute atomic E-state index is 13.7. The Morgan fingerprint density at radius 3 is 2.02 bits per heavy atom. The third kappa shape index (κ3) is 11.6. The van der Waals surface area contributed by atoms with Gasteiger partial charge in [0, 0.05) is 42.7 Å². The summed E-state index contributed by atoms with van der Waals surface area (Å²) in [5.41, 5.74) is 30.2. The number of carbonyl (C=O) groups excluding carboxylic acids is 3. The number of nitrogens with one attached hydrogen (secondary N) is 2. The molecule has 0 bridgehead atoms. The van der Waals surface area contributed by atoms with Gasteiger partial charge in [0.25, 0.3) is 5.91 Å². The molecule has 0 fully saturated rings. The van der Waals surface area contributed by atoms with E-state index in [1.807, 2.05) is 94.5 Å². The molecule has 10 N–H and O–H groups in total. The molecule has 6 rings (SSSR count). The van der Waals surface area contributed by atoms with Gasteiger partial charge in [-0.05, 0) is 97.2 Å². The largest absolute Gasteiger partial charge is 0.495 e. The molecule has 0 aliphatic heterocycles. The Kier molecular flexibility index (Phi) is 19.8. The van der Waals surface area contributed by atoms with E-state index in [0.29, 0.717) is 100 Å². The van der Waals surface area contributed by atoms with Crippen LogP contribution in [0, 0.1) is 13.8 Å². The van der Waals surface area contributed by atoms with Gasteiger partial charge in [-0.25, -0.2) is 4.98 Å².